The number of aromatic nitrogens is 6. The van der Waals surface area contributed by atoms with Crippen LogP contribution in [-0.2, 0) is 19.1 Å². The zero-order chi connectivity index (χ0) is 45.5. The summed E-state index contributed by atoms with van der Waals surface area (Å²) < 4.78 is 25.0. The Morgan fingerprint density at radius 2 is 1.69 bits per heavy atom. The van der Waals surface area contributed by atoms with Crippen LogP contribution in [0.3, 0.4) is 0 Å². The highest BCUT2D eigenvalue weighted by Gasteiger charge is 2.43. The van der Waals surface area contributed by atoms with Crippen molar-refractivity contribution in [3.05, 3.63) is 78.3 Å². The van der Waals surface area contributed by atoms with Crippen LogP contribution in [0.1, 0.15) is 121 Å². The second-order valence-electron chi connectivity index (χ2n) is 19.3. The van der Waals surface area contributed by atoms with Gasteiger partial charge in [-0.3, -0.25) is 24.4 Å². The van der Waals surface area contributed by atoms with Crippen LogP contribution < -0.4 is 15.5 Å². The lowest BCUT2D eigenvalue weighted by atomic mass is 9.76. The number of halogens is 1. The monoisotopic (exact) mass is 883 g/mol. The van der Waals surface area contributed by atoms with Crippen LogP contribution in [0.15, 0.2) is 61.3 Å². The van der Waals surface area contributed by atoms with Crippen molar-refractivity contribution in [2.75, 3.05) is 36.4 Å². The van der Waals surface area contributed by atoms with E-state index in [9.17, 15) is 19.6 Å². The molecule has 4 fully saturated rings. The molecule has 1 aliphatic carbocycles. The number of hydrogen-bond donors (Lipinski definition) is 2. The minimum atomic E-state index is -0.548. The zero-order valence-electron chi connectivity index (χ0n) is 37.7. The van der Waals surface area contributed by atoms with E-state index in [1.54, 1.807) is 16.9 Å². The predicted octanol–water partition coefficient (Wildman–Crippen LogP) is 7.58. The molecule has 0 unspecified atom stereocenters. The quantitative estimate of drug-likeness (QED) is 0.104. The number of fused-ring (bicyclic) bond motifs is 1. The average Bonchev–Trinajstić information content (AvgIpc) is 3.98. The third-order valence-electron chi connectivity index (χ3n) is 14.2. The number of nitriles is 1. The van der Waals surface area contributed by atoms with Crippen LogP contribution in [0, 0.1) is 22.6 Å². The molecule has 4 aliphatic rings. The SMILES string of the molecule is CCC1(C(=O)OC(C)(C)C)CCN(c2ccc(-c3nc(-c4cnn(C5CCC(N6CCC(c7ccc(N[C@@H]8CCC(=O)NC8=O)cc7F)CC6)CC5)c4)cn4ncc(C#N)c34)cn2)CC1. The van der Waals surface area contributed by atoms with Gasteiger partial charge in [0.25, 0.3) is 0 Å². The van der Waals surface area contributed by atoms with Crippen LogP contribution >= 0.6 is 0 Å². The van der Waals surface area contributed by atoms with Crippen molar-refractivity contribution in [2.45, 2.75) is 128 Å². The normalized spacial score (nSPS) is 22.1. The first kappa shape index (κ1) is 44.0. The average molecular weight is 884 g/mol. The predicted molar refractivity (Wildman–Crippen MR) is 243 cm³/mol. The van der Waals surface area contributed by atoms with Gasteiger partial charge in [-0.1, -0.05) is 13.0 Å². The number of rotatable bonds is 10. The summed E-state index contributed by atoms with van der Waals surface area (Å²) >= 11 is 0. The Morgan fingerprint density at radius 1 is 0.938 bits per heavy atom. The molecule has 0 radical (unpaired) electrons. The van der Waals surface area contributed by atoms with Crippen molar-refractivity contribution in [1.29, 1.82) is 5.26 Å². The summed E-state index contributed by atoms with van der Waals surface area (Å²) in [6, 6.07) is 11.6. The van der Waals surface area contributed by atoms with Gasteiger partial charge < -0.3 is 19.9 Å². The number of amides is 2. The third-order valence-corrected chi connectivity index (χ3v) is 14.2. The Hall–Kier alpha value is -6.21. The molecule has 16 heteroatoms. The van der Waals surface area contributed by atoms with Gasteiger partial charge in [-0.15, -0.1) is 0 Å². The van der Waals surface area contributed by atoms with Crippen LogP contribution in [0.5, 0.6) is 0 Å². The van der Waals surface area contributed by atoms with Crippen molar-refractivity contribution < 1.29 is 23.5 Å². The number of benzene rings is 1. The summed E-state index contributed by atoms with van der Waals surface area (Å²) in [7, 11) is 0. The Labute approximate surface area is 378 Å². The summed E-state index contributed by atoms with van der Waals surface area (Å²) in [5.74, 6) is -0.0627. The summed E-state index contributed by atoms with van der Waals surface area (Å²) in [4.78, 5) is 51.6. The van der Waals surface area contributed by atoms with Gasteiger partial charge in [0.05, 0.1) is 41.4 Å². The van der Waals surface area contributed by atoms with Gasteiger partial charge >= 0.3 is 5.97 Å². The highest BCUT2D eigenvalue weighted by atomic mass is 19.1. The van der Waals surface area contributed by atoms with Crippen molar-refractivity contribution in [3.8, 4) is 28.6 Å². The highest BCUT2D eigenvalue weighted by Crippen LogP contribution is 2.40. The van der Waals surface area contributed by atoms with Crippen molar-refractivity contribution in [1.82, 2.24) is 39.6 Å². The number of carbonyl (C=O) groups excluding carboxylic acids is 3. The number of anilines is 2. The van der Waals surface area contributed by atoms with Gasteiger partial charge in [-0.05, 0) is 134 Å². The van der Waals surface area contributed by atoms with E-state index in [1.165, 1.54) is 6.07 Å². The van der Waals surface area contributed by atoms with Crippen LogP contribution in [0.4, 0.5) is 15.9 Å². The molecule has 9 rings (SSSR count). The number of imide groups is 1. The maximum absolute atomic E-state index is 15.4. The fourth-order valence-corrected chi connectivity index (χ4v) is 10.3. The topological polar surface area (TPSA) is 176 Å². The summed E-state index contributed by atoms with van der Waals surface area (Å²) in [5.41, 5.74) is 4.22. The molecule has 15 nitrogen and oxygen atoms in total. The zero-order valence-corrected chi connectivity index (χ0v) is 37.7. The van der Waals surface area contributed by atoms with Crippen molar-refractivity contribution in [2.24, 2.45) is 5.41 Å². The van der Waals surface area contributed by atoms with Crippen LogP contribution in [-0.4, -0.2) is 95.9 Å². The van der Waals surface area contributed by atoms with Gasteiger partial charge in [0.1, 0.15) is 40.4 Å². The second-order valence-corrected chi connectivity index (χ2v) is 19.3. The Balaban J connectivity index is 0.816. The van der Waals surface area contributed by atoms with E-state index in [1.807, 2.05) is 57.4 Å². The molecule has 4 aromatic heterocycles. The van der Waals surface area contributed by atoms with E-state index in [-0.39, 0.29) is 42.0 Å². The number of nitrogens with one attached hydrogen (secondary N) is 2. The Morgan fingerprint density at radius 3 is 2.35 bits per heavy atom. The lowest BCUT2D eigenvalue weighted by Crippen LogP contribution is -2.47. The van der Waals surface area contributed by atoms with Gasteiger partial charge in [0.2, 0.25) is 11.8 Å². The second kappa shape index (κ2) is 18.0. The Bertz CT molecular complexity index is 2600. The highest BCUT2D eigenvalue weighted by molar-refractivity contribution is 6.01. The van der Waals surface area contributed by atoms with Gasteiger partial charge in [-0.25, -0.2) is 18.9 Å². The van der Waals surface area contributed by atoms with E-state index in [2.05, 4.69) is 49.4 Å². The first-order valence-corrected chi connectivity index (χ1v) is 23.2. The van der Waals surface area contributed by atoms with Crippen LogP contribution in [0.25, 0.3) is 28.0 Å². The number of piperidine rings is 3. The molecule has 340 valence electrons. The molecule has 7 heterocycles. The van der Waals surface area contributed by atoms with Gasteiger partial charge in [0.15, 0.2) is 0 Å². The van der Waals surface area contributed by atoms with E-state index in [0.29, 0.717) is 66.5 Å². The number of pyridine rings is 1. The van der Waals surface area contributed by atoms with E-state index >= 15 is 4.39 Å². The fourth-order valence-electron chi connectivity index (χ4n) is 10.3. The number of ether oxygens (including phenoxy) is 1. The largest absolute Gasteiger partial charge is 0.460 e. The molecule has 5 aromatic rings. The number of hydrogen-bond acceptors (Lipinski definition) is 12. The number of likely N-dealkylation sites (tertiary alicyclic amines) is 1. The minimum absolute atomic E-state index is 0.119. The molecule has 1 aromatic carbocycles. The molecule has 0 bridgehead atoms. The van der Waals surface area contributed by atoms with Crippen molar-refractivity contribution in [3.63, 3.8) is 0 Å². The molecule has 3 aliphatic heterocycles. The standard InChI is InChI=1S/C49H58FN11O4/c1-5-49(47(64)65-48(2,3)4)18-22-59(23-19-49)42-14-6-32(26-52-42)44-45-33(25-51)27-54-61(45)30-41(56-44)34-28-53-60(29-34)37-10-8-36(9-11-37)58-20-16-31(17-21-58)38-12-7-35(24-39(38)50)55-40-13-15-43(62)57-46(40)63/h6-7,12,14,24,26-31,36-37,40,55H,5,8-11,13,15-23H2,1-4H3,(H,57,62,63)/t36?,37?,40-/m1/s1. The molecule has 0 spiro atoms. The van der Waals surface area contributed by atoms with Gasteiger partial charge in [0, 0.05) is 54.8 Å². The summed E-state index contributed by atoms with van der Waals surface area (Å²) in [6.07, 6.45) is 17.8. The first-order valence-electron chi connectivity index (χ1n) is 23.2. The maximum atomic E-state index is 15.4. The molecule has 2 amide bonds. The lowest BCUT2D eigenvalue weighted by molar-refractivity contribution is -0.169. The summed E-state index contributed by atoms with van der Waals surface area (Å²) in [5, 5.41) is 24.8. The van der Waals surface area contributed by atoms with E-state index < -0.39 is 17.1 Å². The smallest absolute Gasteiger partial charge is 0.312 e. The van der Waals surface area contributed by atoms with Crippen molar-refractivity contribution >= 4 is 34.8 Å². The van der Waals surface area contributed by atoms with Gasteiger partial charge in [-0.2, -0.15) is 15.5 Å². The molecular formula is C49H58FN11O4. The molecule has 65 heavy (non-hydrogen) atoms. The molecule has 1 saturated carbocycles. The Kier molecular flexibility index (Phi) is 12.2. The summed E-state index contributed by atoms with van der Waals surface area (Å²) in [6.45, 7) is 11.0. The molecular weight excluding hydrogens is 826 g/mol. The number of nitrogens with zero attached hydrogens (tertiary/aromatic N) is 9. The minimum Gasteiger partial charge on any atom is -0.460 e. The third kappa shape index (κ3) is 9.20. The molecule has 2 N–H and O–H groups in total. The molecule has 3 saturated heterocycles. The number of esters is 1. The first-order chi connectivity index (χ1) is 31.3. The van der Waals surface area contributed by atoms with Crippen LogP contribution in [0.2, 0.25) is 0 Å². The van der Waals surface area contributed by atoms with E-state index in [0.717, 1.165) is 80.5 Å². The van der Waals surface area contributed by atoms with E-state index in [4.69, 9.17) is 19.8 Å². The lowest BCUT2D eigenvalue weighted by Gasteiger charge is -2.41. The number of carbonyl (C=O) groups is 3. The fraction of sp³-hybridized carbons (Fsp3) is 0.510. The maximum Gasteiger partial charge on any atom is 0.312 e. The molecule has 1 atom stereocenters.